The number of nitriles is 2. The van der Waals surface area contributed by atoms with E-state index < -0.39 is 5.41 Å². The second-order valence-electron chi connectivity index (χ2n) is 14.6. The number of rotatable bonds is 6. The van der Waals surface area contributed by atoms with Crippen LogP contribution in [0.15, 0.2) is 193 Å². The van der Waals surface area contributed by atoms with Crippen molar-refractivity contribution in [1.82, 2.24) is 0 Å². The van der Waals surface area contributed by atoms with Gasteiger partial charge in [-0.05, 0) is 143 Å². The van der Waals surface area contributed by atoms with Crippen LogP contribution in [0, 0.1) is 22.7 Å². The highest BCUT2D eigenvalue weighted by molar-refractivity contribution is 5.91. The molecule has 4 aliphatic carbocycles. The number of allylic oxidation sites excluding steroid dienone is 7. The zero-order valence-corrected chi connectivity index (χ0v) is 30.2. The number of para-hydroxylation sites is 3. The van der Waals surface area contributed by atoms with Gasteiger partial charge < -0.3 is 9.80 Å². The summed E-state index contributed by atoms with van der Waals surface area (Å²) in [4.78, 5) is 4.75. The average Bonchev–Trinajstić information content (AvgIpc) is 3.71. The molecule has 0 fully saturated rings. The van der Waals surface area contributed by atoms with Gasteiger partial charge in [-0.3, -0.25) is 0 Å². The topological polar surface area (TPSA) is 54.1 Å². The first-order valence-corrected chi connectivity index (χ1v) is 19.0. The predicted molar refractivity (Wildman–Crippen MR) is 221 cm³/mol. The van der Waals surface area contributed by atoms with Crippen LogP contribution in [0.4, 0.5) is 22.7 Å². The number of hydrogen-bond donors (Lipinski definition) is 0. The monoisotopic (exact) mass is 704 g/mol. The van der Waals surface area contributed by atoms with Gasteiger partial charge in [-0.15, -0.1) is 0 Å². The summed E-state index contributed by atoms with van der Waals surface area (Å²) in [7, 11) is 0. The Hall–Kier alpha value is -7.14. The molecule has 0 aromatic heterocycles. The quantitative estimate of drug-likeness (QED) is 0.173. The molecule has 4 heteroatoms. The third-order valence-electron chi connectivity index (χ3n) is 11.7. The van der Waals surface area contributed by atoms with Crippen molar-refractivity contribution in [2.24, 2.45) is 0 Å². The van der Waals surface area contributed by atoms with E-state index in [1.54, 1.807) is 0 Å². The Morgan fingerprint density at radius 3 is 1.71 bits per heavy atom. The maximum absolute atomic E-state index is 10.3. The third kappa shape index (κ3) is 5.03. The van der Waals surface area contributed by atoms with Crippen molar-refractivity contribution in [2.75, 3.05) is 9.80 Å². The van der Waals surface area contributed by atoms with Gasteiger partial charge in [0.25, 0.3) is 0 Å². The molecule has 0 bridgehead atoms. The lowest BCUT2D eigenvalue weighted by Gasteiger charge is -2.36. The highest BCUT2D eigenvalue weighted by Gasteiger charge is 2.56. The van der Waals surface area contributed by atoms with Gasteiger partial charge in [0.2, 0.25) is 0 Å². The van der Waals surface area contributed by atoms with Crippen molar-refractivity contribution in [1.29, 1.82) is 10.5 Å². The Labute approximate surface area is 322 Å². The largest absolute Gasteiger partial charge is 0.314 e. The van der Waals surface area contributed by atoms with E-state index in [1.165, 1.54) is 22.4 Å². The van der Waals surface area contributed by atoms with Gasteiger partial charge in [0, 0.05) is 40.1 Å². The van der Waals surface area contributed by atoms with Gasteiger partial charge in [0.05, 0.1) is 28.7 Å². The van der Waals surface area contributed by atoms with Crippen LogP contribution in [0.2, 0.25) is 0 Å². The minimum atomic E-state index is -0.734. The van der Waals surface area contributed by atoms with Crippen LogP contribution in [0.3, 0.4) is 0 Å². The lowest BCUT2D eigenvalue weighted by molar-refractivity contribution is 0.701. The van der Waals surface area contributed by atoms with E-state index in [9.17, 15) is 10.5 Å². The Balaban J connectivity index is 1.27. The van der Waals surface area contributed by atoms with Crippen LogP contribution < -0.4 is 9.80 Å². The molecule has 1 atom stereocenters. The Bertz CT molecular complexity index is 2600. The van der Waals surface area contributed by atoms with Gasteiger partial charge >= 0.3 is 0 Å². The van der Waals surface area contributed by atoms with E-state index in [0.29, 0.717) is 11.1 Å². The summed E-state index contributed by atoms with van der Waals surface area (Å²) in [6.07, 6.45) is 14.2. The molecule has 55 heavy (non-hydrogen) atoms. The molecule has 4 nitrogen and oxygen atoms in total. The van der Waals surface area contributed by atoms with Crippen molar-refractivity contribution < 1.29 is 0 Å². The smallest absolute Gasteiger partial charge is 0.0991 e. The summed E-state index contributed by atoms with van der Waals surface area (Å²) in [5.74, 6) is 0.0958. The normalized spacial score (nSPS) is 16.7. The fourth-order valence-electron chi connectivity index (χ4n) is 9.47. The standard InChI is InChI=1S/C51H36N4/c52-33-35-21-25-43-44-26-22-36(34-53)30-48(44)51(47(43)29-35)49-31-41(54(37-13-5-1-6-14-37)38-15-7-2-8-16-38)23-27-45(49)46-28-24-42(32-50(46)51)55(39-17-9-3-10-18-39)40-19-11-4-12-20-40/h1-11,13-19,21-26,28-32,45H,12,20,27H2. The summed E-state index contributed by atoms with van der Waals surface area (Å²) < 4.78 is 0. The van der Waals surface area contributed by atoms with Gasteiger partial charge in [-0.1, -0.05) is 91.0 Å². The lowest BCUT2D eigenvalue weighted by Crippen LogP contribution is -2.29. The number of hydrogen-bond acceptors (Lipinski definition) is 4. The van der Waals surface area contributed by atoms with Crippen LogP contribution in [-0.4, -0.2) is 0 Å². The first-order chi connectivity index (χ1) is 27.2. The number of nitrogens with zero attached hydrogens (tertiary/aromatic N) is 4. The SMILES string of the molecule is N#Cc1ccc2c(c1)C1(C3=CC(N(c4ccccc4)c4ccccc4)=CCC3c3ccc(N(C4=CC=CCC4)c4ccccc4)cc31)c1cc(C#N)ccc1-2. The highest BCUT2D eigenvalue weighted by atomic mass is 15.2. The van der Waals surface area contributed by atoms with E-state index in [1.807, 2.05) is 12.1 Å². The van der Waals surface area contributed by atoms with Crippen LogP contribution >= 0.6 is 0 Å². The van der Waals surface area contributed by atoms with Crippen LogP contribution in [0.5, 0.6) is 0 Å². The molecule has 10 rings (SSSR count). The second kappa shape index (κ2) is 13.1. The maximum atomic E-state index is 10.3. The van der Waals surface area contributed by atoms with Crippen LogP contribution in [-0.2, 0) is 5.41 Å². The van der Waals surface area contributed by atoms with Crippen molar-refractivity contribution in [3.8, 4) is 23.3 Å². The predicted octanol–water partition coefficient (Wildman–Crippen LogP) is 12.3. The second-order valence-corrected chi connectivity index (χ2v) is 14.6. The van der Waals surface area contributed by atoms with Crippen molar-refractivity contribution in [3.05, 3.63) is 226 Å². The molecule has 1 unspecified atom stereocenters. The van der Waals surface area contributed by atoms with Crippen LogP contribution in [0.1, 0.15) is 58.6 Å². The molecule has 0 heterocycles. The van der Waals surface area contributed by atoms with Crippen molar-refractivity contribution in [2.45, 2.75) is 30.6 Å². The number of anilines is 4. The fraction of sp³-hybridized carbons (Fsp3) is 0.0980. The molecular weight excluding hydrogens is 669 g/mol. The summed E-state index contributed by atoms with van der Waals surface area (Å²) in [5.41, 5.74) is 15.4. The minimum Gasteiger partial charge on any atom is -0.314 e. The van der Waals surface area contributed by atoms with E-state index in [0.717, 1.165) is 70.0 Å². The Morgan fingerprint density at radius 2 is 1.16 bits per heavy atom. The molecule has 0 N–H and O–H groups in total. The number of fused-ring (bicyclic) bond motifs is 10. The minimum absolute atomic E-state index is 0.0958. The Morgan fingerprint density at radius 1 is 0.582 bits per heavy atom. The Kier molecular flexibility index (Phi) is 7.72. The average molecular weight is 705 g/mol. The van der Waals surface area contributed by atoms with E-state index in [-0.39, 0.29) is 5.92 Å². The van der Waals surface area contributed by atoms with E-state index >= 15 is 0 Å². The molecule has 1 spiro atoms. The molecule has 0 radical (unpaired) electrons. The van der Waals surface area contributed by atoms with E-state index in [4.69, 9.17) is 0 Å². The maximum Gasteiger partial charge on any atom is 0.0991 e. The fourth-order valence-corrected chi connectivity index (χ4v) is 9.47. The molecule has 0 amide bonds. The van der Waals surface area contributed by atoms with Gasteiger partial charge in [-0.2, -0.15) is 10.5 Å². The summed E-state index contributed by atoms with van der Waals surface area (Å²) >= 11 is 0. The lowest BCUT2D eigenvalue weighted by atomic mass is 9.68. The van der Waals surface area contributed by atoms with Gasteiger partial charge in [0.1, 0.15) is 0 Å². The van der Waals surface area contributed by atoms with E-state index in [2.05, 4.69) is 186 Å². The molecule has 0 aliphatic heterocycles. The molecule has 4 aliphatic rings. The van der Waals surface area contributed by atoms with Gasteiger partial charge in [-0.25, -0.2) is 0 Å². The molecule has 0 saturated carbocycles. The molecule has 6 aromatic rings. The summed E-state index contributed by atoms with van der Waals surface area (Å²) in [6.45, 7) is 0. The highest BCUT2D eigenvalue weighted by Crippen LogP contribution is 2.66. The molecular formula is C51H36N4. The van der Waals surface area contributed by atoms with Crippen LogP contribution in [0.25, 0.3) is 11.1 Å². The molecule has 260 valence electrons. The van der Waals surface area contributed by atoms with Crippen molar-refractivity contribution >= 4 is 22.7 Å². The molecule has 6 aromatic carbocycles. The zero-order chi connectivity index (χ0) is 36.9. The summed E-state index contributed by atoms with van der Waals surface area (Å²) in [6, 6.07) is 56.0. The first-order valence-electron chi connectivity index (χ1n) is 19.0. The molecule has 0 saturated heterocycles. The first kappa shape index (κ1) is 32.5. The van der Waals surface area contributed by atoms with Gasteiger partial charge in [0.15, 0.2) is 0 Å². The third-order valence-corrected chi connectivity index (χ3v) is 11.7. The number of benzene rings is 6. The zero-order valence-electron chi connectivity index (χ0n) is 30.2. The van der Waals surface area contributed by atoms with Crippen molar-refractivity contribution in [3.63, 3.8) is 0 Å². The summed E-state index contributed by atoms with van der Waals surface area (Å²) in [5, 5.41) is 20.7.